The fourth-order valence-electron chi connectivity index (χ4n) is 2.34. The first-order valence-corrected chi connectivity index (χ1v) is 5.97. The Bertz CT molecular complexity index is 364. The fraction of sp³-hybridized carbons (Fsp3) is 0.583. The van der Waals surface area contributed by atoms with E-state index in [-0.39, 0.29) is 0 Å². The lowest BCUT2D eigenvalue weighted by Crippen LogP contribution is -2.21. The number of hydrogen-bond donors (Lipinski definition) is 2. The van der Waals surface area contributed by atoms with Crippen LogP contribution in [0.25, 0.3) is 0 Å². The monoisotopic (exact) mass is 220 g/mol. The first-order valence-electron chi connectivity index (χ1n) is 5.97. The maximum Gasteiger partial charge on any atom is 0.149 e. The van der Waals surface area contributed by atoms with E-state index < -0.39 is 0 Å². The SMILES string of the molecule is CCCC1CCN(c2ccc(N)c(N)n2)C1. The molecule has 0 aliphatic carbocycles. The van der Waals surface area contributed by atoms with Crippen LogP contribution in [0.15, 0.2) is 12.1 Å². The van der Waals surface area contributed by atoms with E-state index in [2.05, 4.69) is 16.8 Å². The van der Waals surface area contributed by atoms with Crippen LogP contribution in [0, 0.1) is 5.92 Å². The number of nitrogens with zero attached hydrogens (tertiary/aromatic N) is 2. The van der Waals surface area contributed by atoms with E-state index in [1.165, 1.54) is 19.3 Å². The molecule has 16 heavy (non-hydrogen) atoms. The molecule has 0 spiro atoms. The largest absolute Gasteiger partial charge is 0.396 e. The zero-order valence-corrected chi connectivity index (χ0v) is 9.82. The minimum atomic E-state index is 0.441. The van der Waals surface area contributed by atoms with Gasteiger partial charge in [0.05, 0.1) is 5.69 Å². The minimum Gasteiger partial charge on any atom is -0.396 e. The number of rotatable bonds is 3. The standard InChI is InChI=1S/C12H20N4/c1-2-3-9-6-7-16(8-9)11-5-4-10(13)12(14)15-11/h4-5,9H,2-3,6-8,13H2,1H3,(H2,14,15). The summed E-state index contributed by atoms with van der Waals surface area (Å²) in [5, 5.41) is 0. The van der Waals surface area contributed by atoms with Crippen molar-refractivity contribution in [2.45, 2.75) is 26.2 Å². The molecule has 88 valence electrons. The lowest BCUT2D eigenvalue weighted by atomic mass is 10.0. The van der Waals surface area contributed by atoms with Crippen molar-refractivity contribution in [3.05, 3.63) is 12.1 Å². The van der Waals surface area contributed by atoms with Crippen LogP contribution in [-0.2, 0) is 0 Å². The van der Waals surface area contributed by atoms with Crippen molar-refractivity contribution in [1.29, 1.82) is 0 Å². The smallest absolute Gasteiger partial charge is 0.149 e. The van der Waals surface area contributed by atoms with Crippen molar-refractivity contribution in [2.75, 3.05) is 29.5 Å². The quantitative estimate of drug-likeness (QED) is 0.816. The first-order chi connectivity index (χ1) is 7.70. The van der Waals surface area contributed by atoms with Gasteiger partial charge in [-0.15, -0.1) is 0 Å². The number of nitrogen functional groups attached to an aromatic ring is 2. The molecule has 1 saturated heterocycles. The van der Waals surface area contributed by atoms with Gasteiger partial charge in [-0.2, -0.15) is 0 Å². The molecular formula is C12H20N4. The molecule has 0 radical (unpaired) electrons. The van der Waals surface area contributed by atoms with Crippen LogP contribution >= 0.6 is 0 Å². The highest BCUT2D eigenvalue weighted by atomic mass is 15.2. The van der Waals surface area contributed by atoms with Crippen LogP contribution in [0.5, 0.6) is 0 Å². The Kier molecular flexibility index (Phi) is 3.17. The zero-order valence-electron chi connectivity index (χ0n) is 9.82. The Hall–Kier alpha value is -1.45. The van der Waals surface area contributed by atoms with Crippen molar-refractivity contribution < 1.29 is 0 Å². The van der Waals surface area contributed by atoms with Gasteiger partial charge in [0.2, 0.25) is 0 Å². The van der Waals surface area contributed by atoms with Gasteiger partial charge in [0, 0.05) is 13.1 Å². The third-order valence-corrected chi connectivity index (χ3v) is 3.25. The maximum absolute atomic E-state index is 5.72. The summed E-state index contributed by atoms with van der Waals surface area (Å²) in [4.78, 5) is 6.63. The molecule has 1 unspecified atom stereocenters. The van der Waals surface area contributed by atoms with Gasteiger partial charge in [0.1, 0.15) is 11.6 Å². The molecular weight excluding hydrogens is 200 g/mol. The molecule has 1 aliphatic rings. The average molecular weight is 220 g/mol. The van der Waals surface area contributed by atoms with Crippen molar-refractivity contribution >= 4 is 17.3 Å². The summed E-state index contributed by atoms with van der Waals surface area (Å²) in [7, 11) is 0. The van der Waals surface area contributed by atoms with Gasteiger partial charge in [0.25, 0.3) is 0 Å². The Morgan fingerprint density at radius 2 is 2.25 bits per heavy atom. The molecule has 2 heterocycles. The number of hydrogen-bond acceptors (Lipinski definition) is 4. The highest BCUT2D eigenvalue weighted by Gasteiger charge is 2.22. The molecule has 1 atom stereocenters. The normalized spacial score (nSPS) is 20.3. The second-order valence-corrected chi connectivity index (χ2v) is 4.53. The van der Waals surface area contributed by atoms with Crippen molar-refractivity contribution in [1.82, 2.24) is 4.98 Å². The Balaban J connectivity index is 2.05. The van der Waals surface area contributed by atoms with Gasteiger partial charge >= 0.3 is 0 Å². The van der Waals surface area contributed by atoms with Crippen LogP contribution in [0.2, 0.25) is 0 Å². The molecule has 0 amide bonds. The predicted octanol–water partition coefficient (Wildman–Crippen LogP) is 1.87. The van der Waals surface area contributed by atoms with Gasteiger partial charge in [-0.3, -0.25) is 0 Å². The van der Waals surface area contributed by atoms with Gasteiger partial charge in [-0.05, 0) is 30.9 Å². The van der Waals surface area contributed by atoms with Crippen LogP contribution in [-0.4, -0.2) is 18.1 Å². The lowest BCUT2D eigenvalue weighted by molar-refractivity contribution is 0.529. The summed E-state index contributed by atoms with van der Waals surface area (Å²) >= 11 is 0. The molecule has 2 rings (SSSR count). The number of pyridine rings is 1. The lowest BCUT2D eigenvalue weighted by Gasteiger charge is -2.18. The average Bonchev–Trinajstić information content (AvgIpc) is 2.71. The summed E-state index contributed by atoms with van der Waals surface area (Å²) in [5.74, 6) is 2.22. The van der Waals surface area contributed by atoms with Crippen LogP contribution < -0.4 is 16.4 Å². The summed E-state index contributed by atoms with van der Waals surface area (Å²) in [6.07, 6.45) is 3.83. The van der Waals surface area contributed by atoms with Gasteiger partial charge in [-0.1, -0.05) is 13.3 Å². The van der Waals surface area contributed by atoms with Crippen LogP contribution in [0.4, 0.5) is 17.3 Å². The minimum absolute atomic E-state index is 0.441. The molecule has 0 saturated carbocycles. The van der Waals surface area contributed by atoms with E-state index >= 15 is 0 Å². The van der Waals surface area contributed by atoms with Gasteiger partial charge in [-0.25, -0.2) is 4.98 Å². The van der Waals surface area contributed by atoms with Crippen molar-refractivity contribution in [3.8, 4) is 0 Å². The van der Waals surface area contributed by atoms with E-state index in [9.17, 15) is 0 Å². The number of anilines is 3. The van der Waals surface area contributed by atoms with Crippen molar-refractivity contribution in [2.24, 2.45) is 5.92 Å². The highest BCUT2D eigenvalue weighted by Crippen LogP contribution is 2.26. The van der Waals surface area contributed by atoms with Gasteiger partial charge in [0.15, 0.2) is 0 Å². The molecule has 4 heteroatoms. The van der Waals surface area contributed by atoms with Gasteiger partial charge < -0.3 is 16.4 Å². The summed E-state index contributed by atoms with van der Waals surface area (Å²) in [6, 6.07) is 3.80. The zero-order chi connectivity index (χ0) is 11.5. The Labute approximate surface area is 96.6 Å². The van der Waals surface area contributed by atoms with Crippen LogP contribution in [0.3, 0.4) is 0 Å². The maximum atomic E-state index is 5.72. The molecule has 4 N–H and O–H groups in total. The summed E-state index contributed by atoms with van der Waals surface area (Å²) in [5.41, 5.74) is 11.9. The molecule has 0 bridgehead atoms. The number of nitrogens with two attached hydrogens (primary N) is 2. The van der Waals surface area contributed by atoms with E-state index in [0.29, 0.717) is 11.5 Å². The summed E-state index contributed by atoms with van der Waals surface area (Å²) in [6.45, 7) is 4.42. The van der Waals surface area contributed by atoms with E-state index in [4.69, 9.17) is 11.5 Å². The molecule has 4 nitrogen and oxygen atoms in total. The Morgan fingerprint density at radius 1 is 1.44 bits per heavy atom. The second-order valence-electron chi connectivity index (χ2n) is 4.53. The number of aromatic nitrogens is 1. The molecule has 1 aliphatic heterocycles. The van der Waals surface area contributed by atoms with Crippen molar-refractivity contribution in [3.63, 3.8) is 0 Å². The highest BCUT2D eigenvalue weighted by molar-refractivity contribution is 5.62. The van der Waals surface area contributed by atoms with Crippen LogP contribution in [0.1, 0.15) is 26.2 Å². The predicted molar refractivity (Wildman–Crippen MR) is 68.3 cm³/mol. The molecule has 1 aromatic rings. The Morgan fingerprint density at radius 3 is 2.94 bits per heavy atom. The first kappa shape index (κ1) is 11.0. The summed E-state index contributed by atoms with van der Waals surface area (Å²) < 4.78 is 0. The van der Waals surface area contributed by atoms with E-state index in [1.54, 1.807) is 0 Å². The molecule has 0 aromatic carbocycles. The molecule has 1 aromatic heterocycles. The van der Waals surface area contributed by atoms with E-state index in [0.717, 1.165) is 24.8 Å². The second kappa shape index (κ2) is 4.60. The fourth-order valence-corrected chi connectivity index (χ4v) is 2.34. The third kappa shape index (κ3) is 2.21. The molecule has 1 fully saturated rings. The third-order valence-electron chi connectivity index (χ3n) is 3.25. The topological polar surface area (TPSA) is 68.2 Å². The van der Waals surface area contributed by atoms with E-state index in [1.807, 2.05) is 12.1 Å².